The van der Waals surface area contributed by atoms with Crippen molar-refractivity contribution in [1.29, 1.82) is 0 Å². The highest BCUT2D eigenvalue weighted by Gasteiger charge is 2.35. The Labute approximate surface area is 112 Å². The van der Waals surface area contributed by atoms with Crippen LogP contribution in [0.5, 0.6) is 0 Å². The van der Waals surface area contributed by atoms with Gasteiger partial charge in [-0.25, -0.2) is 0 Å². The van der Waals surface area contributed by atoms with E-state index in [2.05, 4.69) is 10.7 Å². The molecule has 0 radical (unpaired) electrons. The van der Waals surface area contributed by atoms with Crippen LogP contribution >= 0.6 is 0 Å². The number of anilines is 1. The monoisotopic (exact) mass is 265 g/mol. The molecule has 0 spiro atoms. The minimum Gasteiger partial charge on any atom is -0.378 e. The van der Waals surface area contributed by atoms with Gasteiger partial charge in [0, 0.05) is 26.7 Å². The molecule has 0 aliphatic carbocycles. The van der Waals surface area contributed by atoms with Crippen molar-refractivity contribution >= 4 is 11.6 Å². The SMILES string of the molecule is COC1(CNC(=O)c2ccccc2NN)CCOC1. The zero-order valence-electron chi connectivity index (χ0n) is 10.9. The lowest BCUT2D eigenvalue weighted by Crippen LogP contribution is -2.45. The molecule has 1 aliphatic rings. The molecular weight excluding hydrogens is 246 g/mol. The number of carbonyl (C=O) groups excluding carboxylic acids is 1. The Balaban J connectivity index is 2.01. The number of hydrogen-bond acceptors (Lipinski definition) is 5. The van der Waals surface area contributed by atoms with E-state index in [1.54, 1.807) is 25.3 Å². The minimum absolute atomic E-state index is 0.183. The number of nitrogens with two attached hydrogens (primary N) is 1. The number of para-hydroxylation sites is 1. The topological polar surface area (TPSA) is 85.6 Å². The second-order valence-corrected chi connectivity index (χ2v) is 4.56. The van der Waals surface area contributed by atoms with Gasteiger partial charge in [-0.05, 0) is 12.1 Å². The smallest absolute Gasteiger partial charge is 0.253 e. The number of amides is 1. The van der Waals surface area contributed by atoms with Crippen LogP contribution in [0, 0.1) is 0 Å². The van der Waals surface area contributed by atoms with Gasteiger partial charge < -0.3 is 20.2 Å². The summed E-state index contributed by atoms with van der Waals surface area (Å²) < 4.78 is 10.8. The van der Waals surface area contributed by atoms with E-state index < -0.39 is 5.60 Å². The van der Waals surface area contributed by atoms with Gasteiger partial charge in [0.15, 0.2) is 0 Å². The first-order valence-electron chi connectivity index (χ1n) is 6.17. The van der Waals surface area contributed by atoms with Crippen molar-refractivity contribution in [3.8, 4) is 0 Å². The molecule has 6 nitrogen and oxygen atoms in total. The van der Waals surface area contributed by atoms with Crippen LogP contribution in [-0.4, -0.2) is 38.4 Å². The van der Waals surface area contributed by atoms with Crippen molar-refractivity contribution in [3.05, 3.63) is 29.8 Å². The predicted molar refractivity (Wildman–Crippen MR) is 71.8 cm³/mol. The summed E-state index contributed by atoms with van der Waals surface area (Å²) in [6.45, 7) is 1.58. The highest BCUT2D eigenvalue weighted by molar-refractivity contribution is 5.99. The number of hydrogen-bond donors (Lipinski definition) is 3. The fraction of sp³-hybridized carbons (Fsp3) is 0.462. The lowest BCUT2D eigenvalue weighted by molar-refractivity contribution is -0.0148. The Morgan fingerprint density at radius 2 is 2.32 bits per heavy atom. The Bertz CT molecular complexity index is 445. The van der Waals surface area contributed by atoms with Crippen molar-refractivity contribution in [2.75, 3.05) is 32.3 Å². The van der Waals surface area contributed by atoms with Crippen LogP contribution in [0.4, 0.5) is 5.69 Å². The molecule has 1 aromatic rings. The molecular formula is C13H19N3O3. The highest BCUT2D eigenvalue weighted by Crippen LogP contribution is 2.22. The Hall–Kier alpha value is -1.63. The van der Waals surface area contributed by atoms with Gasteiger partial charge in [-0.3, -0.25) is 10.6 Å². The molecule has 1 aromatic carbocycles. The van der Waals surface area contributed by atoms with Crippen LogP contribution in [0.3, 0.4) is 0 Å². The first-order valence-corrected chi connectivity index (χ1v) is 6.17. The summed E-state index contributed by atoms with van der Waals surface area (Å²) in [6, 6.07) is 7.07. The van der Waals surface area contributed by atoms with Crippen molar-refractivity contribution in [3.63, 3.8) is 0 Å². The normalized spacial score (nSPS) is 22.2. The number of rotatable bonds is 5. The second-order valence-electron chi connectivity index (χ2n) is 4.56. The highest BCUT2D eigenvalue weighted by atomic mass is 16.5. The molecule has 1 amide bonds. The van der Waals surface area contributed by atoms with Gasteiger partial charge in [-0.15, -0.1) is 0 Å². The molecule has 2 rings (SSSR count). The lowest BCUT2D eigenvalue weighted by atomic mass is 10.0. The molecule has 0 aromatic heterocycles. The van der Waals surface area contributed by atoms with E-state index in [0.717, 1.165) is 6.42 Å². The average Bonchev–Trinajstić information content (AvgIpc) is 2.94. The van der Waals surface area contributed by atoms with E-state index in [-0.39, 0.29) is 5.91 Å². The van der Waals surface area contributed by atoms with Crippen molar-refractivity contribution < 1.29 is 14.3 Å². The van der Waals surface area contributed by atoms with E-state index in [9.17, 15) is 4.79 Å². The maximum absolute atomic E-state index is 12.1. The van der Waals surface area contributed by atoms with Crippen molar-refractivity contribution in [1.82, 2.24) is 5.32 Å². The molecule has 104 valence electrons. The molecule has 1 atom stereocenters. The van der Waals surface area contributed by atoms with Gasteiger partial charge in [-0.2, -0.15) is 0 Å². The third kappa shape index (κ3) is 3.04. The van der Waals surface area contributed by atoms with Crippen molar-refractivity contribution in [2.45, 2.75) is 12.0 Å². The Morgan fingerprint density at radius 1 is 1.53 bits per heavy atom. The van der Waals surface area contributed by atoms with E-state index in [0.29, 0.717) is 31.0 Å². The number of ether oxygens (including phenoxy) is 2. The van der Waals surface area contributed by atoms with Crippen LogP contribution in [0.15, 0.2) is 24.3 Å². The molecule has 0 bridgehead atoms. The minimum atomic E-state index is -0.416. The first kappa shape index (κ1) is 13.8. The molecule has 1 aliphatic heterocycles. The summed E-state index contributed by atoms with van der Waals surface area (Å²) in [5.74, 6) is 5.20. The van der Waals surface area contributed by atoms with Gasteiger partial charge in [0.2, 0.25) is 0 Å². The zero-order chi connectivity index (χ0) is 13.7. The summed E-state index contributed by atoms with van der Waals surface area (Å²) in [5, 5.41) is 2.87. The fourth-order valence-electron chi connectivity index (χ4n) is 2.10. The zero-order valence-corrected chi connectivity index (χ0v) is 10.9. The molecule has 1 unspecified atom stereocenters. The summed E-state index contributed by atoms with van der Waals surface area (Å²) in [5.41, 5.74) is 3.20. The summed E-state index contributed by atoms with van der Waals surface area (Å²) in [4.78, 5) is 12.1. The number of methoxy groups -OCH3 is 1. The van der Waals surface area contributed by atoms with Gasteiger partial charge in [0.1, 0.15) is 5.60 Å². The fourth-order valence-corrected chi connectivity index (χ4v) is 2.10. The van der Waals surface area contributed by atoms with Crippen LogP contribution in [-0.2, 0) is 9.47 Å². The third-order valence-corrected chi connectivity index (χ3v) is 3.40. The maximum atomic E-state index is 12.1. The average molecular weight is 265 g/mol. The summed E-state index contributed by atoms with van der Waals surface area (Å²) >= 11 is 0. The van der Waals surface area contributed by atoms with Gasteiger partial charge in [0.25, 0.3) is 5.91 Å². The molecule has 4 N–H and O–H groups in total. The van der Waals surface area contributed by atoms with Crippen LogP contribution < -0.4 is 16.6 Å². The number of nitrogen functional groups attached to an aromatic ring is 1. The first-order chi connectivity index (χ1) is 9.21. The van der Waals surface area contributed by atoms with Crippen LogP contribution in [0.2, 0.25) is 0 Å². The predicted octanol–water partition coefficient (Wildman–Crippen LogP) is 0.507. The second kappa shape index (κ2) is 6.01. The van der Waals surface area contributed by atoms with Crippen LogP contribution in [0.25, 0.3) is 0 Å². The quantitative estimate of drug-likeness (QED) is 0.533. The standard InChI is InChI=1S/C13H19N3O3/c1-18-13(6-7-19-9-13)8-15-12(17)10-4-2-3-5-11(10)16-14/h2-5,16H,6-9,14H2,1H3,(H,15,17). The molecule has 1 saturated heterocycles. The molecule has 1 fully saturated rings. The molecule has 0 saturated carbocycles. The van der Waals surface area contributed by atoms with E-state index >= 15 is 0 Å². The number of nitrogens with one attached hydrogen (secondary N) is 2. The van der Waals surface area contributed by atoms with Crippen molar-refractivity contribution in [2.24, 2.45) is 5.84 Å². The maximum Gasteiger partial charge on any atom is 0.253 e. The molecule has 1 heterocycles. The molecule has 19 heavy (non-hydrogen) atoms. The van der Waals surface area contributed by atoms with E-state index in [1.807, 2.05) is 6.07 Å². The van der Waals surface area contributed by atoms with Crippen LogP contribution in [0.1, 0.15) is 16.8 Å². The Morgan fingerprint density at radius 3 is 2.95 bits per heavy atom. The number of benzene rings is 1. The summed E-state index contributed by atoms with van der Waals surface area (Å²) in [7, 11) is 1.64. The summed E-state index contributed by atoms with van der Waals surface area (Å²) in [6.07, 6.45) is 0.778. The largest absolute Gasteiger partial charge is 0.378 e. The third-order valence-electron chi connectivity index (χ3n) is 3.40. The Kier molecular flexibility index (Phi) is 4.36. The van der Waals surface area contributed by atoms with E-state index in [1.165, 1.54) is 0 Å². The van der Waals surface area contributed by atoms with E-state index in [4.69, 9.17) is 15.3 Å². The number of carbonyl (C=O) groups is 1. The van der Waals surface area contributed by atoms with Gasteiger partial charge >= 0.3 is 0 Å². The molecule has 6 heteroatoms. The van der Waals surface area contributed by atoms with Gasteiger partial charge in [-0.1, -0.05) is 12.1 Å². The number of hydrazine groups is 1. The lowest BCUT2D eigenvalue weighted by Gasteiger charge is -2.26. The van der Waals surface area contributed by atoms with Gasteiger partial charge in [0.05, 0.1) is 17.9 Å².